The van der Waals surface area contributed by atoms with E-state index in [1.54, 1.807) is 0 Å². The average molecular weight is 365 g/mol. The summed E-state index contributed by atoms with van der Waals surface area (Å²) >= 11 is 1.01. The molecule has 0 fully saturated rings. The van der Waals surface area contributed by atoms with Gasteiger partial charge in [-0.1, -0.05) is 46.6 Å². The Hall–Kier alpha value is 0.395. The van der Waals surface area contributed by atoms with Crippen LogP contribution in [0.3, 0.4) is 0 Å². The third-order valence-electron chi connectivity index (χ3n) is 3.34. The largest absolute Gasteiger partial charge is 0.393 e. The molecule has 0 aliphatic rings. The van der Waals surface area contributed by atoms with Crippen LogP contribution in [0.4, 0.5) is 0 Å². The standard InChI is InChI=1S/C16H34BNO3PS/c1-4-5-6-7-8-9-16(19)10-11-20-12-15(18-14(2)3)13-21-23-22-17/h15-17,19,22H,4-13H2,1-3H3/t15-,16-,22?/m1/s1/i17T,22D. The van der Waals surface area contributed by atoms with E-state index in [0.717, 1.165) is 37.7 Å². The number of aliphatic hydroxyl groups is 1. The Kier molecular flexibility index (Phi) is 14.8. The van der Waals surface area contributed by atoms with Crippen molar-refractivity contribution in [3.63, 3.8) is 0 Å². The third kappa shape index (κ3) is 17.0. The first-order valence-electron chi connectivity index (χ1n) is 9.58. The van der Waals surface area contributed by atoms with Crippen molar-refractivity contribution >= 4 is 32.5 Å². The summed E-state index contributed by atoms with van der Waals surface area (Å²) in [6.07, 6.45) is 7.26. The molecule has 0 rings (SSSR count). The SMILES string of the molecule is [2H]P([B][3H])SOC[C@@H](COCC[C@H](O)CCCCCCC)N=C(C)C. The van der Waals surface area contributed by atoms with Crippen molar-refractivity contribution in [2.75, 3.05) is 19.8 Å². The fraction of sp³-hybridized carbons (Fsp3) is 0.938. The molecule has 0 amide bonds. The summed E-state index contributed by atoms with van der Waals surface area (Å²) in [7, 11) is -0.214. The highest BCUT2D eigenvalue weighted by Gasteiger charge is 2.09. The van der Waals surface area contributed by atoms with E-state index in [9.17, 15) is 5.11 Å². The molecule has 4 nitrogen and oxygen atoms in total. The molecule has 0 aromatic rings. The molecule has 0 aromatic carbocycles. The lowest BCUT2D eigenvalue weighted by atomic mass is 10.1. The fourth-order valence-electron chi connectivity index (χ4n) is 2.19. The maximum absolute atomic E-state index is 9.97. The van der Waals surface area contributed by atoms with E-state index in [4.69, 9.17) is 11.5 Å². The Balaban J connectivity index is 3.84. The van der Waals surface area contributed by atoms with E-state index in [1.165, 1.54) is 25.7 Å². The van der Waals surface area contributed by atoms with E-state index < -0.39 is 7.61 Å². The van der Waals surface area contributed by atoms with Crippen LogP contribution in [0, 0.1) is 0 Å². The van der Waals surface area contributed by atoms with Gasteiger partial charge < -0.3 is 14.0 Å². The summed E-state index contributed by atoms with van der Waals surface area (Å²) in [4.78, 5) is 4.47. The molecule has 1 unspecified atom stereocenters. The number of aliphatic hydroxyl groups excluding tert-OH is 1. The number of aliphatic imine (C=N–C) groups is 1. The maximum atomic E-state index is 9.97. The maximum Gasteiger partial charge on any atom is 0.137 e. The molecule has 0 aromatic heterocycles. The minimum absolute atomic E-state index is 0.113. The second kappa shape index (κ2) is 17.2. The normalized spacial score (nSPS) is 16.2. The van der Waals surface area contributed by atoms with Crippen LogP contribution < -0.4 is 0 Å². The van der Waals surface area contributed by atoms with Crippen LogP contribution >= 0.6 is 19.3 Å². The van der Waals surface area contributed by atoms with Gasteiger partial charge in [-0.25, -0.2) is 0 Å². The van der Waals surface area contributed by atoms with Gasteiger partial charge >= 0.3 is 0 Å². The zero-order chi connectivity index (χ0) is 18.9. The summed E-state index contributed by atoms with van der Waals surface area (Å²) < 4.78 is 25.5. The predicted molar refractivity (Wildman–Crippen MR) is 106 cm³/mol. The second-order valence-electron chi connectivity index (χ2n) is 5.91. The molecule has 7 heteroatoms. The number of hydrogen-bond donors (Lipinski definition) is 1. The van der Waals surface area contributed by atoms with Crippen LogP contribution in [-0.4, -0.2) is 52.9 Å². The Morgan fingerprint density at radius 3 is 2.83 bits per heavy atom. The molecule has 0 saturated carbocycles. The lowest BCUT2D eigenvalue weighted by Gasteiger charge is -2.15. The number of unbranched alkanes of at least 4 members (excludes halogenated alkanes) is 4. The van der Waals surface area contributed by atoms with Crippen molar-refractivity contribution in [1.82, 2.24) is 0 Å². The zero-order valence-electron chi connectivity index (χ0n) is 16.9. The summed E-state index contributed by atoms with van der Waals surface area (Å²) in [5.41, 5.74) is 0.953. The van der Waals surface area contributed by atoms with Gasteiger partial charge in [0.1, 0.15) is 7.53 Å². The van der Waals surface area contributed by atoms with Crippen molar-refractivity contribution in [3.05, 3.63) is 0 Å². The molecular formula is C16H34BNO3PS. The smallest absolute Gasteiger partial charge is 0.137 e. The summed E-state index contributed by atoms with van der Waals surface area (Å²) in [6.45, 7) is 7.38. The molecule has 23 heavy (non-hydrogen) atoms. The van der Waals surface area contributed by atoms with Gasteiger partial charge in [-0.05, 0) is 28.0 Å². The number of nitrogens with zero attached hydrogens (tertiary/aromatic N) is 1. The lowest BCUT2D eigenvalue weighted by Crippen LogP contribution is -2.21. The predicted octanol–water partition coefficient (Wildman–Crippen LogP) is 4.04. The topological polar surface area (TPSA) is 51.0 Å². The molecular weight excluding hydrogens is 328 g/mol. The van der Waals surface area contributed by atoms with Crippen molar-refractivity contribution in [2.24, 2.45) is 4.99 Å². The van der Waals surface area contributed by atoms with Gasteiger partial charge in [-0.15, -0.1) is 0 Å². The Bertz CT molecular complexity index is 343. The van der Waals surface area contributed by atoms with Crippen LogP contribution in [0.25, 0.3) is 0 Å². The first kappa shape index (κ1) is 19.7. The number of hydrogen-bond acceptors (Lipinski definition) is 5. The highest BCUT2D eigenvalue weighted by Crippen LogP contribution is 2.24. The fourth-order valence-corrected chi connectivity index (χ4v) is 2.84. The first-order chi connectivity index (χ1) is 12.0. The van der Waals surface area contributed by atoms with Crippen LogP contribution in [0.1, 0.15) is 65.7 Å². The van der Waals surface area contributed by atoms with Crippen molar-refractivity contribution in [3.8, 4) is 0 Å². The minimum Gasteiger partial charge on any atom is -0.393 e. The van der Waals surface area contributed by atoms with E-state index in [0.29, 0.717) is 26.2 Å². The van der Waals surface area contributed by atoms with Crippen LogP contribution in [0.5, 0.6) is 0 Å². The molecule has 1 N–H and O–H groups in total. The molecule has 0 heterocycles. The van der Waals surface area contributed by atoms with E-state index in [-0.39, 0.29) is 12.1 Å². The van der Waals surface area contributed by atoms with Gasteiger partial charge in [-0.3, -0.25) is 4.99 Å². The molecule has 0 bridgehead atoms. The first-order valence-corrected chi connectivity index (χ1v) is 10.9. The van der Waals surface area contributed by atoms with Gasteiger partial charge in [0, 0.05) is 24.0 Å². The molecule has 0 spiro atoms. The molecule has 135 valence electrons. The quantitative estimate of drug-likeness (QED) is 0.139. The van der Waals surface area contributed by atoms with E-state index in [2.05, 4.69) is 11.9 Å². The second-order valence-corrected chi connectivity index (χ2v) is 7.59. The summed E-state index contributed by atoms with van der Waals surface area (Å²) in [5, 5.41) is 9.97. The van der Waals surface area contributed by atoms with E-state index >= 15 is 0 Å². The Morgan fingerprint density at radius 1 is 1.35 bits per heavy atom. The van der Waals surface area contributed by atoms with Crippen LogP contribution in [0.15, 0.2) is 4.99 Å². The van der Waals surface area contributed by atoms with Crippen LogP contribution in [0.2, 0.25) is 0 Å². The summed E-state index contributed by atoms with van der Waals surface area (Å²) in [6, 6.07) is -0.113. The molecule has 0 aliphatic carbocycles. The van der Waals surface area contributed by atoms with Crippen molar-refractivity contribution < 1.29 is 14.0 Å². The lowest BCUT2D eigenvalue weighted by molar-refractivity contribution is 0.0658. The van der Waals surface area contributed by atoms with Gasteiger partial charge in [0.25, 0.3) is 0 Å². The molecule has 1 radical (unpaired) electrons. The highest BCUT2D eigenvalue weighted by molar-refractivity contribution is 8.53. The number of rotatable bonds is 17. The molecule has 0 saturated heterocycles. The van der Waals surface area contributed by atoms with Gasteiger partial charge in [0.2, 0.25) is 0 Å². The van der Waals surface area contributed by atoms with Gasteiger partial charge in [0.15, 0.2) is 0 Å². The van der Waals surface area contributed by atoms with Gasteiger partial charge in [-0.2, -0.15) is 0 Å². The molecule has 0 aliphatic heterocycles. The highest BCUT2D eigenvalue weighted by atomic mass is 32.7. The van der Waals surface area contributed by atoms with Crippen LogP contribution in [-0.2, 0) is 8.92 Å². The summed E-state index contributed by atoms with van der Waals surface area (Å²) in [5.74, 6) is 0. The average Bonchev–Trinajstić information content (AvgIpc) is 2.57. The van der Waals surface area contributed by atoms with E-state index in [1.807, 2.05) is 13.8 Å². The van der Waals surface area contributed by atoms with Crippen molar-refractivity contribution in [1.29, 1.82) is 2.61 Å². The minimum atomic E-state index is -1.30. The monoisotopic (exact) mass is 365 g/mol. The Morgan fingerprint density at radius 2 is 2.13 bits per heavy atom. The van der Waals surface area contributed by atoms with Gasteiger partial charge in [0.05, 0.1) is 26.6 Å². The zero-order valence-corrected chi connectivity index (χ0v) is 16.6. The Labute approximate surface area is 152 Å². The van der Waals surface area contributed by atoms with Crippen molar-refractivity contribution in [2.45, 2.75) is 77.9 Å². The molecule has 3 atom stereocenters. The third-order valence-corrected chi connectivity index (χ3v) is 4.25. The number of ether oxygens (including phenoxy) is 1.